The van der Waals surface area contributed by atoms with Gasteiger partial charge in [-0.2, -0.15) is 5.10 Å². The third-order valence-corrected chi connectivity index (χ3v) is 3.37. The van der Waals surface area contributed by atoms with Gasteiger partial charge in [-0.1, -0.05) is 12.1 Å². The fourth-order valence-electron chi connectivity index (χ4n) is 2.12. The number of hydrogen-bond acceptors (Lipinski definition) is 6. The molecule has 0 radical (unpaired) electrons. The molecule has 0 bridgehead atoms. The van der Waals surface area contributed by atoms with Gasteiger partial charge in [0.05, 0.1) is 7.11 Å². The number of nitrogens with zero attached hydrogens (tertiary/aromatic N) is 5. The number of amides is 1. The first-order valence-corrected chi connectivity index (χ1v) is 7.34. The Morgan fingerprint density at radius 2 is 2.04 bits per heavy atom. The van der Waals surface area contributed by atoms with Gasteiger partial charge in [0.2, 0.25) is 5.91 Å². The van der Waals surface area contributed by atoms with Crippen molar-refractivity contribution in [2.24, 2.45) is 0 Å². The highest BCUT2D eigenvalue weighted by Gasteiger charge is 2.07. The molecule has 8 nitrogen and oxygen atoms in total. The average molecular weight is 324 g/mol. The quantitative estimate of drug-likeness (QED) is 0.740. The molecule has 0 aliphatic rings. The molecule has 2 heterocycles. The summed E-state index contributed by atoms with van der Waals surface area (Å²) in [6.07, 6.45) is 5.30. The Morgan fingerprint density at radius 1 is 1.21 bits per heavy atom. The summed E-state index contributed by atoms with van der Waals surface area (Å²) in [5, 5.41) is 6.75. The fourth-order valence-corrected chi connectivity index (χ4v) is 2.12. The molecule has 3 aromatic rings. The number of benzene rings is 1. The van der Waals surface area contributed by atoms with Crippen LogP contribution in [0.15, 0.2) is 49.3 Å². The van der Waals surface area contributed by atoms with Gasteiger partial charge in [-0.25, -0.2) is 19.6 Å². The highest BCUT2D eigenvalue weighted by atomic mass is 16.5. The van der Waals surface area contributed by atoms with E-state index in [-0.39, 0.29) is 5.91 Å². The molecule has 1 aromatic carbocycles. The number of rotatable bonds is 6. The van der Waals surface area contributed by atoms with Crippen molar-refractivity contribution >= 4 is 11.7 Å². The number of anilines is 1. The van der Waals surface area contributed by atoms with Crippen LogP contribution >= 0.6 is 0 Å². The molecular weight excluding hydrogens is 308 g/mol. The lowest BCUT2D eigenvalue weighted by Gasteiger charge is -2.06. The van der Waals surface area contributed by atoms with E-state index in [1.807, 2.05) is 24.3 Å². The third-order valence-electron chi connectivity index (χ3n) is 3.37. The Kier molecular flexibility index (Phi) is 4.76. The van der Waals surface area contributed by atoms with Crippen LogP contribution in [-0.2, 0) is 11.2 Å². The molecule has 1 N–H and O–H groups in total. The van der Waals surface area contributed by atoms with Crippen LogP contribution in [0.25, 0.3) is 5.82 Å². The molecule has 2 aromatic heterocycles. The van der Waals surface area contributed by atoms with E-state index in [1.54, 1.807) is 13.2 Å². The van der Waals surface area contributed by atoms with E-state index in [0.29, 0.717) is 24.5 Å². The predicted octanol–water partition coefficient (Wildman–Crippen LogP) is 1.64. The number of carbonyl (C=O) groups is 1. The zero-order valence-corrected chi connectivity index (χ0v) is 13.1. The van der Waals surface area contributed by atoms with E-state index in [2.05, 4.69) is 25.4 Å². The monoisotopic (exact) mass is 324 g/mol. The van der Waals surface area contributed by atoms with Gasteiger partial charge in [-0.05, 0) is 24.1 Å². The summed E-state index contributed by atoms with van der Waals surface area (Å²) >= 11 is 0. The minimum absolute atomic E-state index is 0.117. The first kappa shape index (κ1) is 15.6. The molecule has 8 heteroatoms. The minimum atomic E-state index is -0.117. The molecule has 3 rings (SSSR count). The lowest BCUT2D eigenvalue weighted by molar-refractivity contribution is -0.116. The van der Waals surface area contributed by atoms with E-state index in [1.165, 1.54) is 23.7 Å². The van der Waals surface area contributed by atoms with Crippen LogP contribution in [0.1, 0.15) is 12.0 Å². The Morgan fingerprint density at radius 3 is 2.75 bits per heavy atom. The number of nitrogens with one attached hydrogen (secondary N) is 1. The van der Waals surface area contributed by atoms with Crippen molar-refractivity contribution in [2.45, 2.75) is 12.8 Å². The first-order valence-electron chi connectivity index (χ1n) is 7.34. The summed E-state index contributed by atoms with van der Waals surface area (Å²) in [4.78, 5) is 24.1. The fraction of sp³-hybridized carbons (Fsp3) is 0.188. The van der Waals surface area contributed by atoms with E-state index in [4.69, 9.17) is 4.74 Å². The number of ether oxygens (including phenoxy) is 1. The van der Waals surface area contributed by atoms with Gasteiger partial charge >= 0.3 is 0 Å². The molecule has 0 atom stereocenters. The van der Waals surface area contributed by atoms with E-state index < -0.39 is 0 Å². The summed E-state index contributed by atoms with van der Waals surface area (Å²) < 4.78 is 6.61. The third kappa shape index (κ3) is 3.92. The molecule has 0 aliphatic carbocycles. The zero-order valence-electron chi connectivity index (χ0n) is 13.1. The van der Waals surface area contributed by atoms with Crippen LogP contribution in [0.2, 0.25) is 0 Å². The van der Waals surface area contributed by atoms with Gasteiger partial charge in [0.1, 0.15) is 30.5 Å². The second-order valence-corrected chi connectivity index (χ2v) is 5.00. The van der Waals surface area contributed by atoms with Crippen molar-refractivity contribution in [3.05, 3.63) is 54.9 Å². The molecule has 0 spiro atoms. The van der Waals surface area contributed by atoms with E-state index in [0.717, 1.165) is 11.3 Å². The highest BCUT2D eigenvalue weighted by Crippen LogP contribution is 2.13. The van der Waals surface area contributed by atoms with Gasteiger partial charge < -0.3 is 10.1 Å². The minimum Gasteiger partial charge on any atom is -0.497 e. The topological polar surface area (TPSA) is 94.8 Å². The lowest BCUT2D eigenvalue weighted by Crippen LogP contribution is -2.14. The van der Waals surface area contributed by atoms with Crippen molar-refractivity contribution in [1.29, 1.82) is 0 Å². The number of carbonyl (C=O) groups excluding carboxylic acids is 1. The normalized spacial score (nSPS) is 10.4. The Bertz CT molecular complexity index is 802. The lowest BCUT2D eigenvalue weighted by atomic mass is 10.1. The van der Waals surface area contributed by atoms with Gasteiger partial charge in [-0.3, -0.25) is 4.79 Å². The van der Waals surface area contributed by atoms with Gasteiger partial charge in [0.15, 0.2) is 5.82 Å². The molecule has 0 fully saturated rings. The SMILES string of the molecule is COc1ccc(CCC(=O)Nc2cc(-n3cncn3)ncn2)cc1. The summed E-state index contributed by atoms with van der Waals surface area (Å²) in [6, 6.07) is 9.28. The maximum absolute atomic E-state index is 12.1. The summed E-state index contributed by atoms with van der Waals surface area (Å²) in [6.45, 7) is 0. The van der Waals surface area contributed by atoms with E-state index >= 15 is 0 Å². The second kappa shape index (κ2) is 7.32. The molecule has 0 saturated carbocycles. The largest absolute Gasteiger partial charge is 0.497 e. The number of hydrogen-bond donors (Lipinski definition) is 1. The molecule has 0 aliphatic heterocycles. The summed E-state index contributed by atoms with van der Waals surface area (Å²) in [5.74, 6) is 1.64. The summed E-state index contributed by atoms with van der Waals surface area (Å²) in [5.41, 5.74) is 1.07. The maximum Gasteiger partial charge on any atom is 0.225 e. The second-order valence-electron chi connectivity index (χ2n) is 5.00. The maximum atomic E-state index is 12.1. The van der Waals surface area contributed by atoms with Crippen molar-refractivity contribution in [2.75, 3.05) is 12.4 Å². The molecule has 1 amide bonds. The standard InChI is InChI=1S/C16H16N6O2/c1-24-13-5-2-12(3-6-13)4-7-16(23)21-14-8-15(19-10-18-14)22-11-17-9-20-22/h2-3,5-6,8-11H,4,7H2,1H3,(H,18,19,21,23). The van der Waals surface area contributed by atoms with Crippen molar-refractivity contribution in [3.63, 3.8) is 0 Å². The van der Waals surface area contributed by atoms with Crippen molar-refractivity contribution in [3.8, 4) is 11.6 Å². The van der Waals surface area contributed by atoms with Crippen LogP contribution in [0.3, 0.4) is 0 Å². The average Bonchev–Trinajstić information content (AvgIpc) is 3.15. The number of aryl methyl sites for hydroxylation is 1. The van der Waals surface area contributed by atoms with Crippen molar-refractivity contribution < 1.29 is 9.53 Å². The predicted molar refractivity (Wildman–Crippen MR) is 86.9 cm³/mol. The van der Waals surface area contributed by atoms with Gasteiger partial charge in [-0.15, -0.1) is 0 Å². The van der Waals surface area contributed by atoms with Crippen LogP contribution in [0.4, 0.5) is 5.82 Å². The zero-order chi connectivity index (χ0) is 16.8. The smallest absolute Gasteiger partial charge is 0.225 e. The Hall–Kier alpha value is -3.29. The van der Waals surface area contributed by atoms with Crippen molar-refractivity contribution in [1.82, 2.24) is 24.7 Å². The van der Waals surface area contributed by atoms with Crippen LogP contribution in [0.5, 0.6) is 5.75 Å². The molecule has 24 heavy (non-hydrogen) atoms. The molecule has 0 saturated heterocycles. The Balaban J connectivity index is 1.57. The van der Waals surface area contributed by atoms with Crippen LogP contribution < -0.4 is 10.1 Å². The summed E-state index contributed by atoms with van der Waals surface area (Å²) in [7, 11) is 1.62. The van der Waals surface area contributed by atoms with E-state index in [9.17, 15) is 4.79 Å². The van der Waals surface area contributed by atoms with Crippen LogP contribution in [0, 0.1) is 0 Å². The highest BCUT2D eigenvalue weighted by molar-refractivity contribution is 5.90. The molecule has 122 valence electrons. The molecular formula is C16H16N6O2. The van der Waals surface area contributed by atoms with Gasteiger partial charge in [0.25, 0.3) is 0 Å². The molecule has 0 unspecified atom stereocenters. The number of aromatic nitrogens is 5. The van der Waals surface area contributed by atoms with Gasteiger partial charge in [0, 0.05) is 12.5 Å². The first-order chi connectivity index (χ1) is 11.7. The van der Waals surface area contributed by atoms with Crippen LogP contribution in [-0.4, -0.2) is 37.7 Å². The Labute approximate surface area is 138 Å². The number of methoxy groups -OCH3 is 1.